The number of benzene rings is 1. The maximum absolute atomic E-state index is 2.38. The molecule has 3 rings (SSSR count). The third kappa shape index (κ3) is 4.35. The van der Waals surface area contributed by atoms with Gasteiger partial charge in [-0.15, -0.1) is 0 Å². The highest BCUT2D eigenvalue weighted by Gasteiger charge is 2.06. The minimum absolute atomic E-state index is 0. The van der Waals surface area contributed by atoms with Crippen LogP contribution in [-0.2, 0) is 13.0 Å². The first kappa shape index (κ1) is 16.7. The van der Waals surface area contributed by atoms with E-state index < -0.39 is 0 Å². The largest absolute Gasteiger partial charge is 1.00 e. The number of pyridine rings is 1. The number of aryl methyl sites for hydroxylation is 2. The van der Waals surface area contributed by atoms with Gasteiger partial charge in [-0.3, -0.25) is 0 Å². The SMILES string of the molecule is CCCC[n+]1ccccc1CCC.[Cl-].c1cc2ccc1-2. The standard InChI is InChI=1S/C12H20N.C6H4.ClH/c1-3-5-10-13-11-7-6-9-12(13)8-4-2;1-2-6-4-3-5(1)6;/h6-7,9,11H,3-5,8,10H2,1-2H3;1-4H;1H/q+1;;/p-1. The number of rotatable bonds is 5. The average Bonchev–Trinajstić information content (AvgIpc) is 2.43. The summed E-state index contributed by atoms with van der Waals surface area (Å²) in [7, 11) is 0. The Balaban J connectivity index is 0.000000236. The Morgan fingerprint density at radius 1 is 0.850 bits per heavy atom. The quantitative estimate of drug-likeness (QED) is 0.625. The molecule has 0 saturated carbocycles. The second-order valence-corrected chi connectivity index (χ2v) is 5.07. The van der Waals surface area contributed by atoms with E-state index in [9.17, 15) is 0 Å². The molecular weight excluding hydrogens is 266 g/mol. The van der Waals surface area contributed by atoms with Gasteiger partial charge in [-0.05, 0) is 17.5 Å². The molecule has 20 heavy (non-hydrogen) atoms. The molecule has 2 aliphatic carbocycles. The molecule has 2 heteroatoms. The Bertz CT molecular complexity index is 484. The van der Waals surface area contributed by atoms with Crippen LogP contribution in [0.15, 0.2) is 48.7 Å². The highest BCUT2D eigenvalue weighted by Crippen LogP contribution is 2.29. The van der Waals surface area contributed by atoms with Gasteiger partial charge in [0.15, 0.2) is 11.9 Å². The molecule has 108 valence electrons. The van der Waals surface area contributed by atoms with Crippen LogP contribution < -0.4 is 17.0 Å². The van der Waals surface area contributed by atoms with Gasteiger partial charge in [0, 0.05) is 25.0 Å². The molecule has 1 aromatic heterocycles. The predicted octanol–water partition coefficient (Wildman–Crippen LogP) is 1.40. The molecule has 0 N–H and O–H groups in total. The van der Waals surface area contributed by atoms with Crippen molar-refractivity contribution in [3.63, 3.8) is 0 Å². The first-order chi connectivity index (χ1) is 9.35. The second kappa shape index (κ2) is 8.76. The zero-order chi connectivity index (χ0) is 13.5. The van der Waals surface area contributed by atoms with Gasteiger partial charge < -0.3 is 12.4 Å². The first-order valence-corrected chi connectivity index (χ1v) is 7.43. The van der Waals surface area contributed by atoms with Crippen LogP contribution in [-0.4, -0.2) is 0 Å². The van der Waals surface area contributed by atoms with E-state index in [0.29, 0.717) is 0 Å². The maximum atomic E-state index is 2.38. The van der Waals surface area contributed by atoms with Crippen molar-refractivity contribution in [3.8, 4) is 11.1 Å². The van der Waals surface area contributed by atoms with E-state index in [1.807, 2.05) is 0 Å². The minimum Gasteiger partial charge on any atom is -1.00 e. The van der Waals surface area contributed by atoms with Gasteiger partial charge in [0.25, 0.3) is 0 Å². The van der Waals surface area contributed by atoms with Gasteiger partial charge in [-0.2, -0.15) is 0 Å². The summed E-state index contributed by atoms with van der Waals surface area (Å²) in [5, 5.41) is 0. The van der Waals surface area contributed by atoms with Gasteiger partial charge in [-0.1, -0.05) is 50.6 Å². The summed E-state index contributed by atoms with van der Waals surface area (Å²) in [4.78, 5) is 0. The van der Waals surface area contributed by atoms with Crippen molar-refractivity contribution < 1.29 is 17.0 Å². The van der Waals surface area contributed by atoms with E-state index in [1.165, 1.54) is 49.0 Å². The highest BCUT2D eigenvalue weighted by molar-refractivity contribution is 5.75. The van der Waals surface area contributed by atoms with Crippen molar-refractivity contribution in [2.75, 3.05) is 0 Å². The fourth-order valence-corrected chi connectivity index (χ4v) is 2.20. The molecule has 0 unspecified atom stereocenters. The van der Waals surface area contributed by atoms with Crippen molar-refractivity contribution >= 4 is 0 Å². The maximum Gasteiger partial charge on any atom is 0.181 e. The number of aromatic nitrogens is 1. The minimum atomic E-state index is 0. The Kier molecular flexibility index (Phi) is 7.32. The number of halogens is 1. The molecule has 1 aromatic rings. The molecule has 0 bridgehead atoms. The van der Waals surface area contributed by atoms with Gasteiger partial charge in [0.2, 0.25) is 0 Å². The molecule has 0 saturated heterocycles. The van der Waals surface area contributed by atoms with Gasteiger partial charge in [0.05, 0.1) is 0 Å². The zero-order valence-corrected chi connectivity index (χ0v) is 13.2. The van der Waals surface area contributed by atoms with Crippen molar-refractivity contribution in [2.24, 2.45) is 0 Å². The molecule has 1 nitrogen and oxygen atoms in total. The van der Waals surface area contributed by atoms with E-state index in [0.717, 1.165) is 0 Å². The van der Waals surface area contributed by atoms with Crippen LogP contribution in [0.2, 0.25) is 0 Å². The second-order valence-electron chi connectivity index (χ2n) is 5.07. The molecule has 0 fully saturated rings. The normalized spacial score (nSPS) is 10.1. The van der Waals surface area contributed by atoms with Crippen LogP contribution in [0.1, 0.15) is 38.8 Å². The number of hydrogen-bond acceptors (Lipinski definition) is 0. The molecule has 0 spiro atoms. The number of fused-ring (bicyclic) bond motifs is 1. The summed E-state index contributed by atoms with van der Waals surface area (Å²) >= 11 is 0. The van der Waals surface area contributed by atoms with Gasteiger partial charge >= 0.3 is 0 Å². The lowest BCUT2D eigenvalue weighted by molar-refractivity contribution is -0.704. The Morgan fingerprint density at radius 2 is 1.50 bits per heavy atom. The lowest BCUT2D eigenvalue weighted by Gasteiger charge is -2.10. The Hall–Kier alpha value is -1.34. The number of hydrogen-bond donors (Lipinski definition) is 0. The van der Waals surface area contributed by atoms with Crippen molar-refractivity contribution in [3.05, 3.63) is 54.4 Å². The monoisotopic (exact) mass is 289 g/mol. The fraction of sp³-hybridized carbons (Fsp3) is 0.389. The molecule has 0 aromatic carbocycles. The molecular formula is C18H24ClN. The van der Waals surface area contributed by atoms with Crippen LogP contribution in [0, 0.1) is 0 Å². The van der Waals surface area contributed by atoms with Crippen molar-refractivity contribution in [2.45, 2.75) is 46.1 Å². The van der Waals surface area contributed by atoms with Gasteiger partial charge in [-0.25, -0.2) is 4.57 Å². The Morgan fingerprint density at radius 3 is 1.95 bits per heavy atom. The molecule has 0 atom stereocenters. The summed E-state index contributed by atoms with van der Waals surface area (Å²) in [5.41, 5.74) is 4.32. The third-order valence-electron chi connectivity index (χ3n) is 3.51. The van der Waals surface area contributed by atoms with Crippen LogP contribution in [0.4, 0.5) is 0 Å². The van der Waals surface area contributed by atoms with E-state index in [2.05, 4.69) is 67.1 Å². The zero-order valence-electron chi connectivity index (χ0n) is 12.5. The first-order valence-electron chi connectivity index (χ1n) is 7.43. The molecule has 2 aliphatic rings. The summed E-state index contributed by atoms with van der Waals surface area (Å²) in [6.45, 7) is 5.65. The molecule has 0 aliphatic heterocycles. The van der Waals surface area contributed by atoms with Crippen molar-refractivity contribution in [1.29, 1.82) is 0 Å². The predicted molar refractivity (Wildman–Crippen MR) is 81.0 cm³/mol. The summed E-state index contributed by atoms with van der Waals surface area (Å²) in [6, 6.07) is 15.0. The summed E-state index contributed by atoms with van der Waals surface area (Å²) in [5.74, 6) is 0. The van der Waals surface area contributed by atoms with Crippen LogP contribution in [0.25, 0.3) is 11.1 Å². The smallest absolute Gasteiger partial charge is 0.181 e. The molecule has 0 amide bonds. The lowest BCUT2D eigenvalue weighted by atomic mass is 9.95. The summed E-state index contributed by atoms with van der Waals surface area (Å²) < 4.78 is 2.38. The van der Waals surface area contributed by atoms with Crippen molar-refractivity contribution in [1.82, 2.24) is 0 Å². The van der Waals surface area contributed by atoms with E-state index in [1.54, 1.807) is 0 Å². The molecule has 0 radical (unpaired) electrons. The average molecular weight is 290 g/mol. The molecule has 1 heterocycles. The third-order valence-corrected chi connectivity index (χ3v) is 3.51. The topological polar surface area (TPSA) is 3.88 Å². The Labute approximate surface area is 129 Å². The van der Waals surface area contributed by atoms with E-state index >= 15 is 0 Å². The number of nitrogens with zero attached hydrogens (tertiary/aromatic N) is 1. The lowest BCUT2D eigenvalue weighted by Crippen LogP contribution is -3.00. The van der Waals surface area contributed by atoms with E-state index in [4.69, 9.17) is 0 Å². The van der Waals surface area contributed by atoms with E-state index in [-0.39, 0.29) is 12.4 Å². The van der Waals surface area contributed by atoms with Crippen LogP contribution in [0.3, 0.4) is 0 Å². The fourth-order valence-electron chi connectivity index (χ4n) is 2.20. The van der Waals surface area contributed by atoms with Gasteiger partial charge in [0.1, 0.15) is 6.54 Å². The van der Waals surface area contributed by atoms with Crippen LogP contribution in [0.5, 0.6) is 0 Å². The number of unbranched alkanes of at least 4 members (excludes halogenated alkanes) is 1. The summed E-state index contributed by atoms with van der Waals surface area (Å²) in [6.07, 6.45) is 7.18. The van der Waals surface area contributed by atoms with Crippen LogP contribution >= 0.6 is 0 Å². The highest BCUT2D eigenvalue weighted by atomic mass is 35.5.